The number of hydrogen-bond donors (Lipinski definition) is 0. The molecular formula is C12H12BrFO2. The Hall–Kier alpha value is -0.900. The summed E-state index contributed by atoms with van der Waals surface area (Å²) in [5.74, 6) is -0.661. The SMILES string of the molecule is CCOC(=O)[C@@H]1CC1c1cccc(Br)c1F. The maximum Gasteiger partial charge on any atom is 0.309 e. The lowest BCUT2D eigenvalue weighted by Gasteiger charge is -2.04. The summed E-state index contributed by atoms with van der Waals surface area (Å²) < 4.78 is 19.1. The molecule has 1 saturated carbocycles. The molecule has 2 rings (SSSR count). The van der Waals surface area contributed by atoms with Crippen molar-refractivity contribution in [2.24, 2.45) is 5.92 Å². The lowest BCUT2D eigenvalue weighted by atomic mass is 10.1. The van der Waals surface area contributed by atoms with Crippen molar-refractivity contribution in [1.29, 1.82) is 0 Å². The third kappa shape index (κ3) is 2.12. The lowest BCUT2D eigenvalue weighted by Crippen LogP contribution is -2.07. The van der Waals surface area contributed by atoms with E-state index in [0.29, 0.717) is 23.1 Å². The summed E-state index contributed by atoms with van der Waals surface area (Å²) in [4.78, 5) is 11.4. The van der Waals surface area contributed by atoms with Gasteiger partial charge in [-0.2, -0.15) is 0 Å². The minimum absolute atomic E-state index is 0.0171. The number of ether oxygens (including phenoxy) is 1. The number of hydrogen-bond acceptors (Lipinski definition) is 2. The highest BCUT2D eigenvalue weighted by Gasteiger charge is 2.46. The van der Waals surface area contributed by atoms with E-state index in [1.165, 1.54) is 0 Å². The molecule has 0 bridgehead atoms. The Kier molecular flexibility index (Phi) is 3.28. The van der Waals surface area contributed by atoms with E-state index in [4.69, 9.17) is 4.74 Å². The largest absolute Gasteiger partial charge is 0.466 e. The van der Waals surface area contributed by atoms with Crippen LogP contribution in [0, 0.1) is 11.7 Å². The molecule has 2 atom stereocenters. The molecule has 2 nitrogen and oxygen atoms in total. The monoisotopic (exact) mass is 286 g/mol. The van der Waals surface area contributed by atoms with Gasteiger partial charge in [-0.25, -0.2) is 4.39 Å². The predicted molar refractivity (Wildman–Crippen MR) is 61.6 cm³/mol. The smallest absolute Gasteiger partial charge is 0.309 e. The van der Waals surface area contributed by atoms with Crippen molar-refractivity contribution in [1.82, 2.24) is 0 Å². The Labute approximate surface area is 102 Å². The number of halogens is 2. The highest BCUT2D eigenvalue weighted by molar-refractivity contribution is 9.10. The second-order valence-corrected chi connectivity index (χ2v) is 4.70. The molecule has 1 fully saturated rings. The lowest BCUT2D eigenvalue weighted by molar-refractivity contribution is -0.144. The van der Waals surface area contributed by atoms with Crippen molar-refractivity contribution in [3.8, 4) is 0 Å². The Morgan fingerprint density at radius 3 is 3.06 bits per heavy atom. The molecule has 0 N–H and O–H groups in total. The Morgan fingerprint density at radius 2 is 2.38 bits per heavy atom. The first kappa shape index (κ1) is 11.6. The summed E-state index contributed by atoms with van der Waals surface area (Å²) in [5.41, 5.74) is 0.604. The summed E-state index contributed by atoms with van der Waals surface area (Å²) >= 11 is 3.14. The van der Waals surface area contributed by atoms with Crippen LogP contribution in [0.3, 0.4) is 0 Å². The van der Waals surface area contributed by atoms with E-state index in [-0.39, 0.29) is 23.6 Å². The molecule has 0 spiro atoms. The number of carbonyl (C=O) groups excluding carboxylic acids is 1. The van der Waals surface area contributed by atoms with Gasteiger partial charge < -0.3 is 4.74 Å². The molecule has 1 aromatic rings. The van der Waals surface area contributed by atoms with Gasteiger partial charge in [0.25, 0.3) is 0 Å². The van der Waals surface area contributed by atoms with Crippen LogP contribution in [0.25, 0.3) is 0 Å². The second-order valence-electron chi connectivity index (χ2n) is 3.84. The van der Waals surface area contributed by atoms with Crippen molar-refractivity contribution in [3.63, 3.8) is 0 Å². The van der Waals surface area contributed by atoms with Crippen LogP contribution in [0.2, 0.25) is 0 Å². The molecule has 1 aliphatic rings. The number of rotatable bonds is 3. The fourth-order valence-electron chi connectivity index (χ4n) is 1.86. The molecule has 0 amide bonds. The van der Waals surface area contributed by atoms with Gasteiger partial charge in [0.15, 0.2) is 0 Å². The van der Waals surface area contributed by atoms with E-state index < -0.39 is 0 Å². The van der Waals surface area contributed by atoms with Crippen molar-refractivity contribution in [2.75, 3.05) is 6.61 Å². The number of carbonyl (C=O) groups is 1. The zero-order chi connectivity index (χ0) is 11.7. The third-order valence-electron chi connectivity index (χ3n) is 2.76. The van der Waals surface area contributed by atoms with Crippen LogP contribution in [0.4, 0.5) is 4.39 Å². The van der Waals surface area contributed by atoms with Crippen molar-refractivity contribution >= 4 is 21.9 Å². The molecule has 0 saturated heterocycles. The topological polar surface area (TPSA) is 26.3 Å². The minimum atomic E-state index is -0.265. The van der Waals surface area contributed by atoms with E-state index in [9.17, 15) is 9.18 Å². The van der Waals surface area contributed by atoms with Gasteiger partial charge in [-0.05, 0) is 40.9 Å². The van der Waals surface area contributed by atoms with Crippen LogP contribution < -0.4 is 0 Å². The quantitative estimate of drug-likeness (QED) is 0.798. The standard InChI is InChI=1S/C12H12BrFO2/c1-2-16-12(15)9-6-8(9)7-4-3-5-10(13)11(7)14/h3-5,8-9H,2,6H2,1H3/t8?,9-/m1/s1. The van der Waals surface area contributed by atoms with Gasteiger partial charge in [0.2, 0.25) is 0 Å². The van der Waals surface area contributed by atoms with Crippen LogP contribution >= 0.6 is 15.9 Å². The normalized spacial score (nSPS) is 22.9. The average molecular weight is 287 g/mol. The summed E-state index contributed by atoms with van der Waals surface area (Å²) in [6.45, 7) is 2.15. The molecular weight excluding hydrogens is 275 g/mol. The van der Waals surface area contributed by atoms with Crippen molar-refractivity contribution < 1.29 is 13.9 Å². The second kappa shape index (κ2) is 4.53. The first-order valence-electron chi connectivity index (χ1n) is 5.25. The summed E-state index contributed by atoms with van der Waals surface area (Å²) in [6.07, 6.45) is 0.687. The molecule has 0 aromatic heterocycles. The van der Waals surface area contributed by atoms with E-state index in [1.807, 2.05) is 0 Å². The molecule has 16 heavy (non-hydrogen) atoms. The Morgan fingerprint density at radius 1 is 1.62 bits per heavy atom. The number of esters is 1. The van der Waals surface area contributed by atoms with Crippen LogP contribution in [0.15, 0.2) is 22.7 Å². The van der Waals surface area contributed by atoms with E-state index >= 15 is 0 Å². The minimum Gasteiger partial charge on any atom is -0.466 e. The Balaban J connectivity index is 2.11. The molecule has 0 heterocycles. The van der Waals surface area contributed by atoms with E-state index in [2.05, 4.69) is 15.9 Å². The summed E-state index contributed by atoms with van der Waals surface area (Å²) in [7, 11) is 0. The molecule has 0 radical (unpaired) electrons. The van der Waals surface area contributed by atoms with E-state index in [0.717, 1.165) is 0 Å². The maximum atomic E-state index is 13.7. The Bertz CT molecular complexity index is 419. The molecule has 1 unspecified atom stereocenters. The van der Waals surface area contributed by atoms with Crippen LogP contribution in [0.1, 0.15) is 24.8 Å². The average Bonchev–Trinajstić information content (AvgIpc) is 3.02. The van der Waals surface area contributed by atoms with Crippen molar-refractivity contribution in [2.45, 2.75) is 19.3 Å². The molecule has 1 aliphatic carbocycles. The van der Waals surface area contributed by atoms with Gasteiger partial charge in [-0.3, -0.25) is 4.79 Å². The van der Waals surface area contributed by atoms with Gasteiger partial charge in [-0.1, -0.05) is 12.1 Å². The fraction of sp³-hybridized carbons (Fsp3) is 0.417. The third-order valence-corrected chi connectivity index (χ3v) is 3.37. The fourth-order valence-corrected chi connectivity index (χ4v) is 2.24. The zero-order valence-electron chi connectivity index (χ0n) is 8.87. The first-order valence-corrected chi connectivity index (χ1v) is 6.05. The van der Waals surface area contributed by atoms with Gasteiger partial charge >= 0.3 is 5.97 Å². The van der Waals surface area contributed by atoms with Crippen LogP contribution in [-0.4, -0.2) is 12.6 Å². The van der Waals surface area contributed by atoms with Crippen LogP contribution in [-0.2, 0) is 9.53 Å². The van der Waals surface area contributed by atoms with Crippen LogP contribution in [0.5, 0.6) is 0 Å². The van der Waals surface area contributed by atoms with Gasteiger partial charge in [0.1, 0.15) is 5.82 Å². The number of benzene rings is 1. The van der Waals surface area contributed by atoms with Gasteiger partial charge in [0.05, 0.1) is 17.0 Å². The summed E-state index contributed by atoms with van der Waals surface area (Å²) in [5, 5.41) is 0. The molecule has 1 aromatic carbocycles. The zero-order valence-corrected chi connectivity index (χ0v) is 10.5. The maximum absolute atomic E-state index is 13.7. The molecule has 4 heteroatoms. The van der Waals surface area contributed by atoms with Crippen molar-refractivity contribution in [3.05, 3.63) is 34.1 Å². The highest BCUT2D eigenvalue weighted by Crippen LogP contribution is 2.49. The molecule has 86 valence electrons. The van der Waals surface area contributed by atoms with Gasteiger partial charge in [-0.15, -0.1) is 0 Å². The van der Waals surface area contributed by atoms with Gasteiger partial charge in [0, 0.05) is 5.92 Å². The molecule has 0 aliphatic heterocycles. The summed E-state index contributed by atoms with van der Waals surface area (Å²) in [6, 6.07) is 5.16. The first-order chi connectivity index (χ1) is 7.65. The highest BCUT2D eigenvalue weighted by atomic mass is 79.9. The predicted octanol–water partition coefficient (Wildman–Crippen LogP) is 3.25. The van der Waals surface area contributed by atoms with E-state index in [1.54, 1.807) is 25.1 Å².